The molecule has 0 atom stereocenters. The molecule has 0 aliphatic rings. The molecule has 1 amide bonds. The van der Waals surface area contributed by atoms with E-state index in [4.69, 9.17) is 4.74 Å². The summed E-state index contributed by atoms with van der Waals surface area (Å²) in [5, 5.41) is 6.06. The van der Waals surface area contributed by atoms with E-state index < -0.39 is 11.7 Å². The maximum atomic E-state index is 12.9. The van der Waals surface area contributed by atoms with Crippen LogP contribution in [0.5, 0.6) is 0 Å². The Labute approximate surface area is 148 Å². The first-order valence-corrected chi connectivity index (χ1v) is 8.32. The molecule has 2 rings (SSSR count). The summed E-state index contributed by atoms with van der Waals surface area (Å²) in [6.45, 7) is 7.33. The van der Waals surface area contributed by atoms with Crippen molar-refractivity contribution < 1.29 is 13.9 Å². The maximum absolute atomic E-state index is 12.9. The molecule has 0 saturated carbocycles. The van der Waals surface area contributed by atoms with Crippen molar-refractivity contribution in [2.75, 3.05) is 0 Å². The van der Waals surface area contributed by atoms with Crippen LogP contribution in [0.25, 0.3) is 0 Å². The van der Waals surface area contributed by atoms with Gasteiger partial charge < -0.3 is 15.4 Å². The lowest BCUT2D eigenvalue weighted by atomic mass is 10.1. The van der Waals surface area contributed by atoms with Crippen LogP contribution in [0, 0.1) is 5.82 Å². The van der Waals surface area contributed by atoms with Crippen LogP contribution in [0.2, 0.25) is 0 Å². The van der Waals surface area contributed by atoms with Crippen LogP contribution < -0.4 is 10.6 Å². The summed E-state index contributed by atoms with van der Waals surface area (Å²) >= 11 is 0. The highest BCUT2D eigenvalue weighted by Gasteiger charge is 2.15. The molecular weight excluding hydrogens is 319 g/mol. The van der Waals surface area contributed by atoms with Gasteiger partial charge in [0.2, 0.25) is 0 Å². The topological polar surface area (TPSA) is 50.4 Å². The van der Waals surface area contributed by atoms with E-state index in [1.54, 1.807) is 12.1 Å². The van der Waals surface area contributed by atoms with Crippen molar-refractivity contribution in [3.05, 3.63) is 71.0 Å². The van der Waals surface area contributed by atoms with E-state index in [0.717, 1.165) is 23.2 Å². The number of ether oxygens (including phenoxy) is 1. The van der Waals surface area contributed by atoms with E-state index in [9.17, 15) is 9.18 Å². The number of alkyl carbamates (subject to hydrolysis) is 1. The Hall–Kier alpha value is -2.40. The number of nitrogens with one attached hydrogen (secondary N) is 2. The number of halogens is 1. The number of hydrogen-bond donors (Lipinski definition) is 2. The van der Waals surface area contributed by atoms with Crippen molar-refractivity contribution in [2.45, 2.75) is 46.0 Å². The summed E-state index contributed by atoms with van der Waals surface area (Å²) in [6.07, 6.45) is -0.419. The standard InChI is InChI=1S/C20H25FN2O2/c1-20(2,3)25-19(24)23-14-17-6-4-15(5-7-17)12-22-13-16-8-10-18(21)11-9-16/h4-11,22H,12-14H2,1-3H3,(H,23,24). The summed E-state index contributed by atoms with van der Waals surface area (Å²) in [4.78, 5) is 11.6. The summed E-state index contributed by atoms with van der Waals surface area (Å²) in [5.74, 6) is -0.223. The van der Waals surface area contributed by atoms with Crippen LogP contribution in [0.15, 0.2) is 48.5 Å². The van der Waals surface area contributed by atoms with Crippen LogP contribution in [-0.2, 0) is 24.4 Å². The van der Waals surface area contributed by atoms with Gasteiger partial charge in [-0.2, -0.15) is 0 Å². The van der Waals surface area contributed by atoms with Gasteiger partial charge >= 0.3 is 6.09 Å². The van der Waals surface area contributed by atoms with Crippen molar-refractivity contribution in [1.82, 2.24) is 10.6 Å². The second kappa shape index (κ2) is 8.62. The third-order valence-electron chi connectivity index (χ3n) is 3.43. The fourth-order valence-corrected chi connectivity index (χ4v) is 2.22. The molecule has 2 aromatic carbocycles. The quantitative estimate of drug-likeness (QED) is 0.828. The molecular formula is C20H25FN2O2. The van der Waals surface area contributed by atoms with Crippen LogP contribution in [-0.4, -0.2) is 11.7 Å². The van der Waals surface area contributed by atoms with E-state index in [1.165, 1.54) is 12.1 Å². The Bertz CT molecular complexity index is 676. The lowest BCUT2D eigenvalue weighted by Gasteiger charge is -2.19. The molecule has 2 aromatic rings. The Morgan fingerprint density at radius 1 is 0.880 bits per heavy atom. The van der Waals surface area contributed by atoms with Crippen LogP contribution in [0.1, 0.15) is 37.5 Å². The van der Waals surface area contributed by atoms with Crippen molar-refractivity contribution in [2.24, 2.45) is 0 Å². The molecule has 0 radical (unpaired) electrons. The van der Waals surface area contributed by atoms with E-state index in [0.29, 0.717) is 13.1 Å². The molecule has 25 heavy (non-hydrogen) atoms. The van der Waals surface area contributed by atoms with Gasteiger partial charge in [0.05, 0.1) is 0 Å². The molecule has 0 spiro atoms. The first kappa shape index (κ1) is 18.9. The van der Waals surface area contributed by atoms with Gasteiger partial charge in [-0.15, -0.1) is 0 Å². The molecule has 0 aromatic heterocycles. The van der Waals surface area contributed by atoms with Gasteiger partial charge in [-0.3, -0.25) is 0 Å². The Balaban J connectivity index is 1.74. The lowest BCUT2D eigenvalue weighted by Crippen LogP contribution is -2.32. The third-order valence-corrected chi connectivity index (χ3v) is 3.43. The summed E-state index contributed by atoms with van der Waals surface area (Å²) < 4.78 is 18.1. The van der Waals surface area contributed by atoms with Crippen molar-refractivity contribution in [3.63, 3.8) is 0 Å². The first-order valence-electron chi connectivity index (χ1n) is 8.32. The molecule has 0 unspecified atom stereocenters. The second-order valence-corrected chi connectivity index (χ2v) is 6.90. The monoisotopic (exact) mass is 344 g/mol. The van der Waals surface area contributed by atoms with Crippen LogP contribution in [0.4, 0.5) is 9.18 Å². The second-order valence-electron chi connectivity index (χ2n) is 6.90. The normalized spacial score (nSPS) is 11.2. The highest BCUT2D eigenvalue weighted by Crippen LogP contribution is 2.08. The number of hydrogen-bond acceptors (Lipinski definition) is 3. The van der Waals surface area contributed by atoms with Crippen LogP contribution >= 0.6 is 0 Å². The van der Waals surface area contributed by atoms with Gasteiger partial charge in [0.1, 0.15) is 11.4 Å². The fourth-order valence-electron chi connectivity index (χ4n) is 2.22. The minimum Gasteiger partial charge on any atom is -0.444 e. The first-order chi connectivity index (χ1) is 11.8. The average molecular weight is 344 g/mol. The summed E-state index contributed by atoms with van der Waals surface area (Å²) in [6, 6.07) is 14.5. The van der Waals surface area contributed by atoms with Crippen LogP contribution in [0.3, 0.4) is 0 Å². The highest BCUT2D eigenvalue weighted by molar-refractivity contribution is 5.67. The molecule has 0 heterocycles. The van der Waals surface area contributed by atoms with Gasteiger partial charge in [-0.05, 0) is 49.6 Å². The summed E-state index contributed by atoms with van der Waals surface area (Å²) in [5.41, 5.74) is 2.69. The van der Waals surface area contributed by atoms with E-state index >= 15 is 0 Å². The van der Waals surface area contributed by atoms with Gasteiger partial charge in [-0.25, -0.2) is 9.18 Å². The predicted octanol–water partition coefficient (Wildman–Crippen LogP) is 4.14. The maximum Gasteiger partial charge on any atom is 0.407 e. The zero-order valence-electron chi connectivity index (χ0n) is 14.9. The average Bonchev–Trinajstić information content (AvgIpc) is 2.54. The smallest absolute Gasteiger partial charge is 0.407 e. The minimum absolute atomic E-state index is 0.223. The van der Waals surface area contributed by atoms with Crippen molar-refractivity contribution >= 4 is 6.09 Å². The minimum atomic E-state index is -0.496. The molecule has 0 bridgehead atoms. The van der Waals surface area contributed by atoms with Gasteiger partial charge in [0.25, 0.3) is 0 Å². The molecule has 134 valence electrons. The van der Waals surface area contributed by atoms with E-state index in [2.05, 4.69) is 10.6 Å². The number of carbonyl (C=O) groups is 1. The van der Waals surface area contributed by atoms with E-state index in [-0.39, 0.29) is 5.82 Å². The molecule has 0 aliphatic carbocycles. The van der Waals surface area contributed by atoms with Gasteiger partial charge in [0, 0.05) is 19.6 Å². The fraction of sp³-hybridized carbons (Fsp3) is 0.350. The number of carbonyl (C=O) groups excluding carboxylic acids is 1. The Kier molecular flexibility index (Phi) is 6.53. The predicted molar refractivity (Wildman–Crippen MR) is 96.5 cm³/mol. The molecule has 0 fully saturated rings. The van der Waals surface area contributed by atoms with Crippen molar-refractivity contribution in [1.29, 1.82) is 0 Å². The number of rotatable bonds is 6. The molecule has 0 aliphatic heterocycles. The molecule has 4 nitrogen and oxygen atoms in total. The molecule has 5 heteroatoms. The molecule has 0 saturated heterocycles. The Morgan fingerprint density at radius 2 is 1.32 bits per heavy atom. The zero-order chi connectivity index (χ0) is 18.3. The largest absolute Gasteiger partial charge is 0.444 e. The third kappa shape index (κ3) is 7.35. The highest BCUT2D eigenvalue weighted by atomic mass is 19.1. The molecule has 2 N–H and O–H groups in total. The van der Waals surface area contributed by atoms with Gasteiger partial charge in [-0.1, -0.05) is 36.4 Å². The SMILES string of the molecule is CC(C)(C)OC(=O)NCc1ccc(CNCc2ccc(F)cc2)cc1. The van der Waals surface area contributed by atoms with Gasteiger partial charge in [0.15, 0.2) is 0 Å². The van der Waals surface area contributed by atoms with Crippen molar-refractivity contribution in [3.8, 4) is 0 Å². The number of benzene rings is 2. The Morgan fingerprint density at radius 3 is 1.80 bits per heavy atom. The zero-order valence-corrected chi connectivity index (χ0v) is 14.9. The number of amides is 1. The lowest BCUT2D eigenvalue weighted by molar-refractivity contribution is 0.0523. The summed E-state index contributed by atoms with van der Waals surface area (Å²) in [7, 11) is 0. The van der Waals surface area contributed by atoms with E-state index in [1.807, 2.05) is 45.0 Å².